The van der Waals surface area contributed by atoms with Gasteiger partial charge in [-0.2, -0.15) is 0 Å². The van der Waals surface area contributed by atoms with Crippen molar-refractivity contribution < 1.29 is 25.2 Å². The molecule has 4 N–H and O–H groups in total. The van der Waals surface area contributed by atoms with Crippen molar-refractivity contribution in [3.8, 4) is 0 Å². The summed E-state index contributed by atoms with van der Waals surface area (Å²) in [5.74, 6) is 0. The molecular formula is C6H12O5S2. The molecule has 1 heterocycles. The topological polar surface area (TPSA) is 90.2 Å². The van der Waals surface area contributed by atoms with E-state index in [9.17, 15) is 15.3 Å². The quantitative estimate of drug-likeness (QED) is 0.288. The Morgan fingerprint density at radius 1 is 1.15 bits per heavy atom. The van der Waals surface area contributed by atoms with Crippen molar-refractivity contribution in [1.82, 2.24) is 0 Å². The molecule has 0 amide bonds. The first-order valence-electron chi connectivity index (χ1n) is 3.72. The van der Waals surface area contributed by atoms with Gasteiger partial charge in [-0.05, 0) is 0 Å². The van der Waals surface area contributed by atoms with Gasteiger partial charge < -0.3 is 25.2 Å². The first-order chi connectivity index (χ1) is 6.11. The van der Waals surface area contributed by atoms with Crippen LogP contribution in [0.5, 0.6) is 0 Å². The number of thiol groups is 1. The maximum Gasteiger partial charge on any atom is 0.141 e. The van der Waals surface area contributed by atoms with E-state index in [1.54, 1.807) is 0 Å². The summed E-state index contributed by atoms with van der Waals surface area (Å²) in [5.41, 5.74) is -0.737. The van der Waals surface area contributed by atoms with Crippen LogP contribution < -0.4 is 0 Å². The Kier molecular flexibility index (Phi) is 4.30. The molecule has 1 aliphatic heterocycles. The zero-order valence-electron chi connectivity index (χ0n) is 6.65. The summed E-state index contributed by atoms with van der Waals surface area (Å²) in [6.45, 7) is -0.407. The minimum Gasteiger partial charge on any atom is -0.394 e. The van der Waals surface area contributed by atoms with Crippen LogP contribution in [0.1, 0.15) is 0 Å². The van der Waals surface area contributed by atoms with E-state index in [0.29, 0.717) is 0 Å². The fourth-order valence-corrected chi connectivity index (χ4v) is 2.16. The second kappa shape index (κ2) is 4.83. The van der Waals surface area contributed by atoms with Gasteiger partial charge in [0, 0.05) is 0 Å². The highest BCUT2D eigenvalue weighted by molar-refractivity contribution is 8.68. The molecule has 13 heavy (non-hydrogen) atoms. The molecule has 7 heteroatoms. The standard InChI is InChI=1S/C6H12O5S2/c7-1-2-3(8)4(9)5(10)6(11-2)13-12/h2-10,12H,1H2. The number of hydrogen-bond donors (Lipinski definition) is 5. The lowest BCUT2D eigenvalue weighted by Gasteiger charge is -2.38. The normalized spacial score (nSPS) is 46.4. The molecule has 0 saturated carbocycles. The maximum atomic E-state index is 9.33. The summed E-state index contributed by atoms with van der Waals surface area (Å²) in [5, 5.41) is 36.7. The fraction of sp³-hybridized carbons (Fsp3) is 1.00. The van der Waals surface area contributed by atoms with E-state index >= 15 is 0 Å². The summed E-state index contributed by atoms with van der Waals surface area (Å²) in [7, 11) is 0.919. The van der Waals surface area contributed by atoms with Gasteiger partial charge in [0.25, 0.3) is 0 Å². The van der Waals surface area contributed by atoms with Gasteiger partial charge in [0.05, 0.1) is 6.61 Å². The Balaban J connectivity index is 2.66. The summed E-state index contributed by atoms with van der Waals surface area (Å²) < 4.78 is 5.06. The molecule has 5 nitrogen and oxygen atoms in total. The van der Waals surface area contributed by atoms with Gasteiger partial charge in [-0.3, -0.25) is 0 Å². The number of ether oxygens (including phenoxy) is 1. The van der Waals surface area contributed by atoms with Crippen LogP contribution in [0, 0.1) is 0 Å². The first kappa shape index (κ1) is 11.6. The Bertz CT molecular complexity index is 149. The zero-order chi connectivity index (χ0) is 10.0. The lowest BCUT2D eigenvalue weighted by Crippen LogP contribution is -2.57. The zero-order valence-corrected chi connectivity index (χ0v) is 8.36. The highest BCUT2D eigenvalue weighted by Crippen LogP contribution is 2.29. The monoisotopic (exact) mass is 228 g/mol. The molecule has 0 aromatic heterocycles. The molecule has 1 aliphatic rings. The molecule has 1 fully saturated rings. The van der Waals surface area contributed by atoms with Crippen molar-refractivity contribution in [3.63, 3.8) is 0 Å². The molecule has 0 aromatic rings. The summed E-state index contributed by atoms with van der Waals surface area (Å²) >= 11 is 3.83. The van der Waals surface area contributed by atoms with E-state index in [1.165, 1.54) is 0 Å². The highest BCUT2D eigenvalue weighted by Gasteiger charge is 2.43. The minimum absolute atomic E-state index is 0.407. The Hall–Kier alpha value is 0.500. The number of rotatable bonds is 2. The highest BCUT2D eigenvalue weighted by atomic mass is 33.1. The van der Waals surface area contributed by atoms with Crippen LogP contribution in [0.2, 0.25) is 0 Å². The molecule has 0 radical (unpaired) electrons. The third-order valence-electron chi connectivity index (χ3n) is 1.95. The van der Waals surface area contributed by atoms with Crippen LogP contribution in [0.15, 0.2) is 0 Å². The van der Waals surface area contributed by atoms with Gasteiger partial charge in [-0.25, -0.2) is 0 Å². The molecule has 5 unspecified atom stereocenters. The smallest absolute Gasteiger partial charge is 0.141 e. The molecule has 78 valence electrons. The van der Waals surface area contributed by atoms with Crippen LogP contribution in [0.4, 0.5) is 0 Å². The van der Waals surface area contributed by atoms with E-state index < -0.39 is 36.5 Å². The van der Waals surface area contributed by atoms with Crippen molar-refractivity contribution in [2.75, 3.05) is 6.61 Å². The van der Waals surface area contributed by atoms with Crippen LogP contribution in [-0.4, -0.2) is 56.9 Å². The summed E-state index contributed by atoms with van der Waals surface area (Å²) in [6, 6.07) is 0. The second-order valence-corrected chi connectivity index (χ2v) is 4.11. The van der Waals surface area contributed by atoms with Crippen LogP contribution in [-0.2, 0) is 4.74 Å². The summed E-state index contributed by atoms with van der Waals surface area (Å²) in [4.78, 5) is 0. The van der Waals surface area contributed by atoms with E-state index in [1.807, 2.05) is 0 Å². The average molecular weight is 228 g/mol. The lowest BCUT2D eigenvalue weighted by molar-refractivity contribution is -0.205. The predicted molar refractivity (Wildman–Crippen MR) is 50.3 cm³/mol. The lowest BCUT2D eigenvalue weighted by atomic mass is 10.0. The molecule has 0 bridgehead atoms. The van der Waals surface area contributed by atoms with E-state index in [0.717, 1.165) is 10.8 Å². The average Bonchev–Trinajstić information content (AvgIpc) is 2.15. The molecule has 0 spiro atoms. The second-order valence-electron chi connectivity index (χ2n) is 2.80. The molecule has 0 aromatic carbocycles. The van der Waals surface area contributed by atoms with Crippen molar-refractivity contribution >= 4 is 22.5 Å². The maximum absolute atomic E-state index is 9.33. The van der Waals surface area contributed by atoms with E-state index in [-0.39, 0.29) is 0 Å². The Morgan fingerprint density at radius 2 is 1.77 bits per heavy atom. The minimum atomic E-state index is -1.31. The molecule has 1 saturated heterocycles. The van der Waals surface area contributed by atoms with Crippen LogP contribution >= 0.6 is 22.5 Å². The van der Waals surface area contributed by atoms with Gasteiger partial charge in [0.2, 0.25) is 0 Å². The number of aliphatic hydroxyl groups excluding tert-OH is 4. The van der Waals surface area contributed by atoms with E-state index in [2.05, 4.69) is 11.7 Å². The van der Waals surface area contributed by atoms with Gasteiger partial charge in [-0.15, -0.1) is 11.7 Å². The Labute approximate surface area is 84.5 Å². The molecule has 1 rings (SSSR count). The largest absolute Gasteiger partial charge is 0.394 e. The predicted octanol–water partition coefficient (Wildman–Crippen LogP) is -1.64. The number of aliphatic hydroxyl groups is 4. The van der Waals surface area contributed by atoms with Crippen LogP contribution in [0.3, 0.4) is 0 Å². The van der Waals surface area contributed by atoms with Gasteiger partial charge in [0.15, 0.2) is 0 Å². The Morgan fingerprint density at radius 3 is 2.23 bits per heavy atom. The first-order valence-corrected chi connectivity index (χ1v) is 5.65. The third kappa shape index (κ3) is 2.30. The number of hydrogen-bond acceptors (Lipinski definition) is 7. The third-order valence-corrected chi connectivity index (χ3v) is 3.17. The van der Waals surface area contributed by atoms with Gasteiger partial charge in [-0.1, -0.05) is 10.8 Å². The van der Waals surface area contributed by atoms with Gasteiger partial charge >= 0.3 is 0 Å². The van der Waals surface area contributed by atoms with Crippen molar-refractivity contribution in [1.29, 1.82) is 0 Å². The van der Waals surface area contributed by atoms with Crippen molar-refractivity contribution in [2.24, 2.45) is 0 Å². The molecule has 5 atom stereocenters. The van der Waals surface area contributed by atoms with Crippen molar-refractivity contribution in [2.45, 2.75) is 29.9 Å². The molecule has 0 aliphatic carbocycles. The SMILES string of the molecule is OCC1OC(SS)C(O)C(O)C1O. The van der Waals surface area contributed by atoms with Crippen molar-refractivity contribution in [3.05, 3.63) is 0 Å². The summed E-state index contributed by atoms with van der Waals surface area (Å²) in [6.07, 6.45) is -4.64. The van der Waals surface area contributed by atoms with E-state index in [4.69, 9.17) is 9.84 Å². The fourth-order valence-electron chi connectivity index (χ4n) is 1.15. The van der Waals surface area contributed by atoms with Gasteiger partial charge in [0.1, 0.15) is 29.9 Å². The van der Waals surface area contributed by atoms with Crippen LogP contribution in [0.25, 0.3) is 0 Å². The molecular weight excluding hydrogens is 216 g/mol.